The van der Waals surface area contributed by atoms with E-state index in [0.29, 0.717) is 0 Å². The summed E-state index contributed by atoms with van der Waals surface area (Å²) in [5, 5.41) is 8.92. The molecule has 0 aromatic carbocycles. The van der Waals surface area contributed by atoms with Crippen molar-refractivity contribution in [2.45, 2.75) is 71.0 Å². The highest BCUT2D eigenvalue weighted by atomic mass is 31.2. The van der Waals surface area contributed by atoms with Gasteiger partial charge in [-0.1, -0.05) is 0 Å². The molecule has 5 atom stereocenters. The number of nitrogens with one attached hydrogen (secondary N) is 1. The second kappa shape index (κ2) is 13.9. The van der Waals surface area contributed by atoms with Crippen molar-refractivity contribution >= 4 is 16.1 Å². The van der Waals surface area contributed by atoms with Gasteiger partial charge in [0.25, 0.3) is 14.1 Å². The molecule has 2 heterocycles. The molecule has 1 N–H and O–H groups in total. The Morgan fingerprint density at radius 1 is 1.28 bits per heavy atom. The summed E-state index contributed by atoms with van der Waals surface area (Å²) in [5.41, 5.74) is -1.56. The minimum Gasteiger partial charge on any atom is -0.337 e. The van der Waals surface area contributed by atoms with E-state index in [2.05, 4.69) is 0 Å². The maximum Gasteiger partial charge on any atom is 0.355 e. The molecule has 1 aliphatic rings. The summed E-state index contributed by atoms with van der Waals surface area (Å²) >= 11 is 0. The Bertz CT molecular complexity index is 1030. The number of nitriles is 1. The molecule has 0 saturated carbocycles. The highest BCUT2D eigenvalue weighted by Gasteiger charge is 2.51. The van der Waals surface area contributed by atoms with Crippen LogP contribution in [-0.2, 0) is 32.1 Å². The number of rotatable bonds is 14. The van der Waals surface area contributed by atoms with Crippen LogP contribution in [0.5, 0.6) is 0 Å². The van der Waals surface area contributed by atoms with E-state index in [1.54, 1.807) is 0 Å². The van der Waals surface area contributed by atoms with E-state index in [1.807, 2.05) is 43.4 Å². The molecule has 36 heavy (non-hydrogen) atoms. The van der Waals surface area contributed by atoms with Crippen molar-refractivity contribution in [2.75, 3.05) is 27.2 Å². The van der Waals surface area contributed by atoms with E-state index in [9.17, 15) is 14.2 Å². The maximum atomic E-state index is 15.8. The predicted molar refractivity (Wildman–Crippen MR) is 128 cm³/mol. The summed E-state index contributed by atoms with van der Waals surface area (Å²) in [6.45, 7) is 7.69. The average Bonchev–Trinajstić information content (AvgIpc) is 3.12. The smallest absolute Gasteiger partial charge is 0.337 e. The molecular formula is C20H33FN4O9P2. The summed E-state index contributed by atoms with van der Waals surface area (Å²) in [7, 11) is -3.24. The van der Waals surface area contributed by atoms with Crippen molar-refractivity contribution in [3.8, 4) is 6.07 Å². The van der Waals surface area contributed by atoms with Gasteiger partial charge in [-0.25, -0.2) is 13.9 Å². The zero-order chi connectivity index (χ0) is 27.0. The molecule has 1 aromatic heterocycles. The number of hydrogen-bond acceptors (Lipinski definition) is 11. The Morgan fingerprint density at radius 2 is 1.92 bits per heavy atom. The highest BCUT2D eigenvalue weighted by Crippen LogP contribution is 2.52. The van der Waals surface area contributed by atoms with Crippen molar-refractivity contribution in [1.82, 2.24) is 14.2 Å². The van der Waals surface area contributed by atoms with Crippen LogP contribution in [0.3, 0.4) is 0 Å². The lowest BCUT2D eigenvalue weighted by atomic mass is 10.2. The van der Waals surface area contributed by atoms with Crippen LogP contribution in [-0.4, -0.2) is 72.0 Å². The van der Waals surface area contributed by atoms with E-state index >= 15 is 4.39 Å². The summed E-state index contributed by atoms with van der Waals surface area (Å²) in [6.07, 6.45) is -5.79. The Labute approximate surface area is 209 Å². The molecule has 0 aliphatic carbocycles. The zero-order valence-electron chi connectivity index (χ0n) is 21.0. The number of nitrogens with zero attached hydrogens (tertiary/aromatic N) is 3. The SMILES string of the molecule is COP(=O)(CO[C@H]1O[C@@H](n2ccc(=O)[nH]c2=O)C(F)C1OP(OCCC#N)N(C(C)C)C(C)C)OC. The first-order chi connectivity index (χ1) is 17.0. The molecule has 1 fully saturated rings. The van der Waals surface area contributed by atoms with Gasteiger partial charge in [-0.2, -0.15) is 5.26 Å². The van der Waals surface area contributed by atoms with E-state index in [1.165, 1.54) is 14.2 Å². The topological polar surface area (TPSA) is 154 Å². The summed E-state index contributed by atoms with van der Waals surface area (Å²) in [6, 6.07) is 2.88. The first-order valence-electron chi connectivity index (χ1n) is 11.2. The third-order valence-corrected chi connectivity index (χ3v) is 8.79. The van der Waals surface area contributed by atoms with Crippen LogP contribution in [0.2, 0.25) is 0 Å². The van der Waals surface area contributed by atoms with Gasteiger partial charge in [0.2, 0.25) is 0 Å². The monoisotopic (exact) mass is 554 g/mol. The lowest BCUT2D eigenvalue weighted by Crippen LogP contribution is -2.39. The molecule has 2 rings (SSSR count). The number of aromatic amines is 1. The Hall–Kier alpha value is -1.52. The first-order valence-corrected chi connectivity index (χ1v) is 14.0. The van der Waals surface area contributed by atoms with Gasteiger partial charge in [0, 0.05) is 38.6 Å². The molecule has 204 valence electrons. The van der Waals surface area contributed by atoms with Gasteiger partial charge >= 0.3 is 13.3 Å². The normalized spacial score (nSPS) is 23.5. The fraction of sp³-hybridized carbons (Fsp3) is 0.750. The minimum atomic E-state index is -3.66. The fourth-order valence-corrected chi connectivity index (χ4v) is 5.85. The fourth-order valence-electron chi connectivity index (χ4n) is 3.43. The number of aromatic nitrogens is 2. The minimum absolute atomic E-state index is 0.0412. The standard InChI is InChI=1S/C20H33FN4O9P2/c1-13(2)25(14(3)4)35(32-11-7-9-22)34-17-16(21)18(24-10-8-15(26)23-20(24)27)33-19(17)31-12-36(28,29-5)30-6/h8,10,13-14,16-19H,7,11-12H2,1-6H3,(H,23,26,27)/t16?,17?,18-,19+,35?/m1/s1. The molecule has 13 nitrogen and oxygen atoms in total. The number of halogens is 1. The second-order valence-electron chi connectivity index (χ2n) is 8.25. The molecule has 0 radical (unpaired) electrons. The van der Waals surface area contributed by atoms with Crippen molar-refractivity contribution in [3.05, 3.63) is 33.1 Å². The van der Waals surface area contributed by atoms with Crippen LogP contribution in [0.25, 0.3) is 0 Å². The predicted octanol–water partition coefficient (Wildman–Crippen LogP) is 2.85. The van der Waals surface area contributed by atoms with Crippen LogP contribution in [0.1, 0.15) is 40.3 Å². The van der Waals surface area contributed by atoms with Crippen LogP contribution in [0.4, 0.5) is 4.39 Å². The molecule has 1 aromatic rings. The first kappa shape index (κ1) is 30.7. The Morgan fingerprint density at radius 3 is 2.44 bits per heavy atom. The molecule has 1 aliphatic heterocycles. The number of hydrogen-bond donors (Lipinski definition) is 1. The lowest BCUT2D eigenvalue weighted by Gasteiger charge is -2.37. The molecule has 16 heteroatoms. The quantitative estimate of drug-likeness (QED) is 0.267. The molecule has 1 saturated heterocycles. The number of H-pyrrole nitrogens is 1. The third-order valence-electron chi connectivity index (χ3n) is 5.08. The van der Waals surface area contributed by atoms with Gasteiger partial charge in [-0.05, 0) is 27.7 Å². The molecule has 0 spiro atoms. The highest BCUT2D eigenvalue weighted by molar-refractivity contribution is 7.53. The largest absolute Gasteiger partial charge is 0.355 e. The van der Waals surface area contributed by atoms with Gasteiger partial charge in [0.05, 0.1) is 19.1 Å². The zero-order valence-corrected chi connectivity index (χ0v) is 22.8. The summed E-state index contributed by atoms with van der Waals surface area (Å²) < 4.78 is 64.0. The molecule has 0 bridgehead atoms. The van der Waals surface area contributed by atoms with E-state index < -0.39 is 58.5 Å². The van der Waals surface area contributed by atoms with E-state index in [0.717, 1.165) is 16.8 Å². The van der Waals surface area contributed by atoms with Crippen molar-refractivity contribution in [3.63, 3.8) is 0 Å². The van der Waals surface area contributed by atoms with Crippen molar-refractivity contribution in [2.24, 2.45) is 0 Å². The van der Waals surface area contributed by atoms with Gasteiger partial charge in [0.15, 0.2) is 31.1 Å². The summed E-state index contributed by atoms with van der Waals surface area (Å²) in [4.78, 5) is 25.8. The average molecular weight is 554 g/mol. The number of alkyl halides is 1. The maximum absolute atomic E-state index is 15.8. The van der Waals surface area contributed by atoms with Crippen LogP contribution in [0.15, 0.2) is 21.9 Å². The van der Waals surface area contributed by atoms with Gasteiger partial charge in [-0.15, -0.1) is 0 Å². The lowest BCUT2D eigenvalue weighted by molar-refractivity contribution is -0.166. The summed E-state index contributed by atoms with van der Waals surface area (Å²) in [5.74, 6) is 0. The van der Waals surface area contributed by atoms with Crippen LogP contribution < -0.4 is 11.2 Å². The number of ether oxygens (including phenoxy) is 2. The van der Waals surface area contributed by atoms with Crippen molar-refractivity contribution in [1.29, 1.82) is 5.26 Å². The van der Waals surface area contributed by atoms with Gasteiger partial charge in [0.1, 0.15) is 0 Å². The molecule has 0 amide bonds. The molecular weight excluding hydrogens is 521 g/mol. The molecule has 3 unspecified atom stereocenters. The van der Waals surface area contributed by atoms with Crippen LogP contribution >= 0.6 is 16.1 Å². The second-order valence-corrected chi connectivity index (χ2v) is 11.9. The Balaban J connectivity index is 2.41. The van der Waals surface area contributed by atoms with Gasteiger partial charge in [-0.3, -0.25) is 18.9 Å². The van der Waals surface area contributed by atoms with Gasteiger partial charge < -0.3 is 27.6 Å². The third kappa shape index (κ3) is 7.74. The Kier molecular flexibility index (Phi) is 11.8. The van der Waals surface area contributed by atoms with Crippen molar-refractivity contribution < 1.29 is 36.5 Å². The van der Waals surface area contributed by atoms with E-state index in [-0.39, 0.29) is 25.1 Å². The van der Waals surface area contributed by atoms with E-state index in [4.69, 9.17) is 32.8 Å². The van der Waals surface area contributed by atoms with Crippen LogP contribution in [0, 0.1) is 11.3 Å².